The Bertz CT molecular complexity index is 456. The standard InChI is InChI=1S/C10H9BrN2S2/c1-7-5-14-10(13-7)15-6-8-2-9(11)4-12-3-8/h2-5H,6H2,1H3. The second kappa shape index (κ2) is 5.09. The highest BCUT2D eigenvalue weighted by Gasteiger charge is 2.01. The van der Waals surface area contributed by atoms with Gasteiger partial charge in [-0.25, -0.2) is 4.98 Å². The molecule has 2 aromatic heterocycles. The van der Waals surface area contributed by atoms with Gasteiger partial charge in [0, 0.05) is 33.7 Å². The molecule has 0 saturated heterocycles. The summed E-state index contributed by atoms with van der Waals surface area (Å²) in [5, 5.41) is 2.07. The zero-order valence-corrected chi connectivity index (χ0v) is 11.3. The minimum Gasteiger partial charge on any atom is -0.263 e. The molecule has 0 spiro atoms. The van der Waals surface area contributed by atoms with Gasteiger partial charge < -0.3 is 0 Å². The molecule has 0 atom stereocenters. The van der Waals surface area contributed by atoms with Crippen molar-refractivity contribution >= 4 is 39.0 Å². The number of thiazole rings is 1. The molecule has 0 aliphatic heterocycles. The van der Waals surface area contributed by atoms with Crippen LogP contribution in [0.15, 0.2) is 32.7 Å². The third kappa shape index (κ3) is 3.29. The minimum atomic E-state index is 0.916. The molecule has 0 bridgehead atoms. The van der Waals surface area contributed by atoms with Crippen LogP contribution in [0.3, 0.4) is 0 Å². The van der Waals surface area contributed by atoms with Crippen molar-refractivity contribution in [3.63, 3.8) is 0 Å². The third-order valence-corrected chi connectivity index (χ3v) is 4.37. The van der Waals surface area contributed by atoms with Crippen molar-refractivity contribution < 1.29 is 0 Å². The molecule has 0 aliphatic carbocycles. The average Bonchev–Trinajstić information content (AvgIpc) is 2.62. The Morgan fingerprint density at radius 1 is 1.47 bits per heavy atom. The van der Waals surface area contributed by atoms with Crippen LogP contribution in [0.4, 0.5) is 0 Å². The smallest absolute Gasteiger partial charge is 0.150 e. The van der Waals surface area contributed by atoms with Crippen molar-refractivity contribution in [2.24, 2.45) is 0 Å². The van der Waals surface area contributed by atoms with Crippen LogP contribution in [0.1, 0.15) is 11.3 Å². The van der Waals surface area contributed by atoms with E-state index in [4.69, 9.17) is 0 Å². The molecule has 0 saturated carbocycles. The maximum atomic E-state index is 4.40. The number of aromatic nitrogens is 2. The molecular formula is C10H9BrN2S2. The van der Waals surface area contributed by atoms with Gasteiger partial charge in [-0.05, 0) is 34.5 Å². The molecule has 0 unspecified atom stereocenters. The molecular weight excluding hydrogens is 292 g/mol. The zero-order valence-electron chi connectivity index (χ0n) is 8.11. The summed E-state index contributed by atoms with van der Waals surface area (Å²) in [5.41, 5.74) is 2.30. The molecule has 2 rings (SSSR count). The van der Waals surface area contributed by atoms with E-state index in [0.717, 1.165) is 20.3 Å². The van der Waals surface area contributed by atoms with E-state index in [0.29, 0.717) is 0 Å². The molecule has 0 radical (unpaired) electrons. The second-order valence-electron chi connectivity index (χ2n) is 3.05. The molecule has 15 heavy (non-hydrogen) atoms. The van der Waals surface area contributed by atoms with Gasteiger partial charge in [-0.15, -0.1) is 11.3 Å². The van der Waals surface area contributed by atoms with Crippen LogP contribution < -0.4 is 0 Å². The quantitative estimate of drug-likeness (QED) is 0.804. The second-order valence-corrected chi connectivity index (χ2v) is 6.05. The third-order valence-electron chi connectivity index (χ3n) is 1.72. The summed E-state index contributed by atoms with van der Waals surface area (Å²) >= 11 is 6.85. The topological polar surface area (TPSA) is 25.8 Å². The van der Waals surface area contributed by atoms with Crippen molar-refractivity contribution in [2.45, 2.75) is 17.0 Å². The Hall–Kier alpha value is -0.390. The van der Waals surface area contributed by atoms with Crippen molar-refractivity contribution in [2.75, 3.05) is 0 Å². The van der Waals surface area contributed by atoms with Gasteiger partial charge >= 0.3 is 0 Å². The van der Waals surface area contributed by atoms with Crippen LogP contribution in [0.25, 0.3) is 0 Å². The van der Waals surface area contributed by atoms with Gasteiger partial charge in [0.25, 0.3) is 0 Å². The van der Waals surface area contributed by atoms with Gasteiger partial charge in [-0.1, -0.05) is 11.8 Å². The number of pyridine rings is 1. The minimum absolute atomic E-state index is 0.916. The Balaban J connectivity index is 1.99. The fraction of sp³-hybridized carbons (Fsp3) is 0.200. The number of rotatable bonds is 3. The van der Waals surface area contributed by atoms with E-state index in [1.54, 1.807) is 29.3 Å². The van der Waals surface area contributed by atoms with Crippen molar-refractivity contribution in [3.05, 3.63) is 39.6 Å². The predicted octanol–water partition coefficient (Wildman–Crippen LogP) is 3.90. The molecule has 0 aromatic carbocycles. The molecule has 0 fully saturated rings. The highest BCUT2D eigenvalue weighted by atomic mass is 79.9. The van der Waals surface area contributed by atoms with Crippen LogP contribution in [-0.2, 0) is 5.75 Å². The monoisotopic (exact) mass is 300 g/mol. The first-order valence-electron chi connectivity index (χ1n) is 4.38. The Labute approximate surface area is 105 Å². The SMILES string of the molecule is Cc1csc(SCc2cncc(Br)c2)n1. The Kier molecular flexibility index (Phi) is 3.77. The van der Waals surface area contributed by atoms with Crippen LogP contribution in [0.2, 0.25) is 0 Å². The summed E-state index contributed by atoms with van der Waals surface area (Å²) in [5.74, 6) is 0.916. The first-order chi connectivity index (χ1) is 7.24. The van der Waals surface area contributed by atoms with E-state index in [-0.39, 0.29) is 0 Å². The molecule has 0 aliphatic rings. The summed E-state index contributed by atoms with van der Waals surface area (Å²) in [7, 11) is 0. The van der Waals surface area contributed by atoms with Crippen LogP contribution in [0, 0.1) is 6.92 Å². The Morgan fingerprint density at radius 3 is 3.00 bits per heavy atom. The zero-order chi connectivity index (χ0) is 10.7. The van der Waals surface area contributed by atoms with E-state index in [9.17, 15) is 0 Å². The molecule has 78 valence electrons. The highest BCUT2D eigenvalue weighted by molar-refractivity contribution is 9.10. The molecule has 0 amide bonds. The number of thioether (sulfide) groups is 1. The summed E-state index contributed by atoms with van der Waals surface area (Å²) < 4.78 is 2.14. The van der Waals surface area contributed by atoms with Crippen LogP contribution in [0.5, 0.6) is 0 Å². The fourth-order valence-corrected chi connectivity index (χ4v) is 3.26. The molecule has 2 heterocycles. The van der Waals surface area contributed by atoms with Gasteiger partial charge in [0.2, 0.25) is 0 Å². The summed E-state index contributed by atoms with van der Waals surface area (Å²) in [6, 6.07) is 2.08. The van der Waals surface area contributed by atoms with Gasteiger partial charge in [-0.2, -0.15) is 0 Å². The lowest BCUT2D eigenvalue weighted by Crippen LogP contribution is -1.82. The van der Waals surface area contributed by atoms with Gasteiger partial charge in [0.05, 0.1) is 0 Å². The normalized spacial score (nSPS) is 10.5. The number of nitrogens with zero attached hydrogens (tertiary/aromatic N) is 2. The number of aryl methyl sites for hydroxylation is 1. The summed E-state index contributed by atoms with van der Waals surface area (Å²) in [6.07, 6.45) is 3.68. The van der Waals surface area contributed by atoms with Crippen molar-refractivity contribution in [3.8, 4) is 0 Å². The van der Waals surface area contributed by atoms with Crippen molar-refractivity contribution in [1.29, 1.82) is 0 Å². The molecule has 0 N–H and O–H groups in total. The highest BCUT2D eigenvalue weighted by Crippen LogP contribution is 2.26. The number of halogens is 1. The van der Waals surface area contributed by atoms with Crippen molar-refractivity contribution in [1.82, 2.24) is 9.97 Å². The lowest BCUT2D eigenvalue weighted by molar-refractivity contribution is 1.15. The number of hydrogen-bond acceptors (Lipinski definition) is 4. The van der Waals surface area contributed by atoms with Gasteiger partial charge in [0.1, 0.15) is 4.34 Å². The predicted molar refractivity (Wildman–Crippen MR) is 68.3 cm³/mol. The maximum Gasteiger partial charge on any atom is 0.150 e. The van der Waals surface area contributed by atoms with E-state index < -0.39 is 0 Å². The average molecular weight is 301 g/mol. The molecule has 5 heteroatoms. The summed E-state index contributed by atoms with van der Waals surface area (Å²) in [6.45, 7) is 2.02. The lowest BCUT2D eigenvalue weighted by atomic mass is 10.3. The number of hydrogen-bond donors (Lipinski definition) is 0. The van der Waals surface area contributed by atoms with E-state index >= 15 is 0 Å². The Morgan fingerprint density at radius 2 is 2.33 bits per heavy atom. The van der Waals surface area contributed by atoms with Gasteiger partial charge in [-0.3, -0.25) is 4.98 Å². The summed E-state index contributed by atoms with van der Waals surface area (Å²) in [4.78, 5) is 8.52. The first-order valence-corrected chi connectivity index (χ1v) is 7.04. The van der Waals surface area contributed by atoms with E-state index in [1.165, 1.54) is 5.56 Å². The molecule has 2 nitrogen and oxygen atoms in total. The lowest BCUT2D eigenvalue weighted by Gasteiger charge is -1.98. The van der Waals surface area contributed by atoms with E-state index in [2.05, 4.69) is 37.3 Å². The van der Waals surface area contributed by atoms with Crippen LogP contribution >= 0.6 is 39.0 Å². The maximum absolute atomic E-state index is 4.40. The van der Waals surface area contributed by atoms with Gasteiger partial charge in [0.15, 0.2) is 0 Å². The van der Waals surface area contributed by atoms with Crippen LogP contribution in [-0.4, -0.2) is 9.97 Å². The first kappa shape index (κ1) is 11.1. The largest absolute Gasteiger partial charge is 0.263 e. The fourth-order valence-electron chi connectivity index (χ4n) is 1.08. The van der Waals surface area contributed by atoms with E-state index in [1.807, 2.05) is 13.1 Å². The molecule has 2 aromatic rings.